The molecule has 1 aromatic rings. The number of likely N-dealkylation sites (tertiary alicyclic amines) is 1. The molecule has 1 unspecified atom stereocenters. The summed E-state index contributed by atoms with van der Waals surface area (Å²) >= 11 is 0. The van der Waals surface area contributed by atoms with E-state index >= 15 is 0 Å². The van der Waals surface area contributed by atoms with Gasteiger partial charge in [-0.15, -0.1) is 0 Å². The molecule has 7 heteroatoms. The molecule has 0 saturated carbocycles. The summed E-state index contributed by atoms with van der Waals surface area (Å²) in [7, 11) is 0. The van der Waals surface area contributed by atoms with Crippen LogP contribution in [0.5, 0.6) is 0 Å². The van der Waals surface area contributed by atoms with E-state index in [1.54, 1.807) is 0 Å². The molecule has 190 valence electrons. The molecule has 2 aliphatic rings. The monoisotopic (exact) mass is 472 g/mol. The van der Waals surface area contributed by atoms with Crippen LogP contribution in [-0.2, 0) is 16.1 Å². The minimum atomic E-state index is -0.417. The number of amides is 2. The summed E-state index contributed by atoms with van der Waals surface area (Å²) < 4.78 is 5.37. The van der Waals surface area contributed by atoms with Crippen LogP contribution in [0.2, 0.25) is 0 Å². The van der Waals surface area contributed by atoms with E-state index in [9.17, 15) is 9.59 Å². The maximum absolute atomic E-state index is 13.5. The molecule has 1 aromatic carbocycles. The molecule has 2 aliphatic heterocycles. The van der Waals surface area contributed by atoms with E-state index in [4.69, 9.17) is 4.74 Å². The Labute approximate surface area is 205 Å². The second-order valence-electron chi connectivity index (χ2n) is 9.81. The highest BCUT2D eigenvalue weighted by Crippen LogP contribution is 2.17. The predicted molar refractivity (Wildman–Crippen MR) is 136 cm³/mol. The summed E-state index contributed by atoms with van der Waals surface area (Å²) in [5.41, 5.74) is 0.964. The highest BCUT2D eigenvalue weighted by Gasteiger charge is 2.32. The highest BCUT2D eigenvalue weighted by atomic mass is 16.5. The third-order valence-electron chi connectivity index (χ3n) is 7.32. The molecule has 34 heavy (non-hydrogen) atoms. The van der Waals surface area contributed by atoms with E-state index in [1.807, 2.05) is 30.3 Å². The third-order valence-corrected chi connectivity index (χ3v) is 7.32. The second kappa shape index (κ2) is 14.3. The molecule has 2 atom stereocenters. The molecule has 2 saturated heterocycles. The Kier molecular flexibility index (Phi) is 11.2. The van der Waals surface area contributed by atoms with Gasteiger partial charge in [0.05, 0.1) is 6.04 Å². The fourth-order valence-corrected chi connectivity index (χ4v) is 4.96. The number of rotatable bonds is 11. The van der Waals surface area contributed by atoms with E-state index in [0.29, 0.717) is 12.5 Å². The van der Waals surface area contributed by atoms with E-state index in [-0.39, 0.29) is 24.6 Å². The van der Waals surface area contributed by atoms with Gasteiger partial charge in [-0.3, -0.25) is 4.79 Å². The number of nitrogens with one attached hydrogen (secondary N) is 2. The zero-order chi connectivity index (χ0) is 24.2. The summed E-state index contributed by atoms with van der Waals surface area (Å²) in [6.45, 7) is 9.90. The van der Waals surface area contributed by atoms with Gasteiger partial charge in [0, 0.05) is 32.2 Å². The summed E-state index contributed by atoms with van der Waals surface area (Å²) in [6.07, 6.45) is 7.22. The first kappa shape index (κ1) is 26.5. The summed E-state index contributed by atoms with van der Waals surface area (Å²) in [6, 6.07) is 9.52. The van der Waals surface area contributed by atoms with Gasteiger partial charge in [-0.05, 0) is 50.3 Å². The summed E-state index contributed by atoms with van der Waals surface area (Å²) in [5, 5.41) is 6.49. The van der Waals surface area contributed by atoms with Crippen molar-refractivity contribution in [1.82, 2.24) is 20.4 Å². The molecule has 2 fully saturated rings. The van der Waals surface area contributed by atoms with E-state index < -0.39 is 6.09 Å². The molecular weight excluding hydrogens is 428 g/mol. The van der Waals surface area contributed by atoms with Gasteiger partial charge in [-0.2, -0.15) is 0 Å². The first-order chi connectivity index (χ1) is 16.6. The van der Waals surface area contributed by atoms with E-state index in [0.717, 1.165) is 64.0 Å². The number of nitrogens with zero attached hydrogens (tertiary/aromatic N) is 2. The molecule has 0 bridgehead atoms. The number of hydrogen-bond donors (Lipinski definition) is 2. The van der Waals surface area contributed by atoms with Gasteiger partial charge in [-0.25, -0.2) is 4.79 Å². The van der Waals surface area contributed by atoms with Crippen LogP contribution in [0.25, 0.3) is 0 Å². The van der Waals surface area contributed by atoms with Gasteiger partial charge in [0.2, 0.25) is 5.91 Å². The van der Waals surface area contributed by atoms with Crippen LogP contribution in [0, 0.1) is 5.92 Å². The number of carbonyl (C=O) groups is 2. The fourth-order valence-electron chi connectivity index (χ4n) is 4.96. The Morgan fingerprint density at radius 2 is 1.85 bits per heavy atom. The lowest BCUT2D eigenvalue weighted by Gasteiger charge is -2.30. The van der Waals surface area contributed by atoms with Crippen molar-refractivity contribution in [2.75, 3.05) is 39.3 Å². The van der Waals surface area contributed by atoms with Gasteiger partial charge in [-0.1, -0.05) is 63.4 Å². The highest BCUT2D eigenvalue weighted by molar-refractivity contribution is 5.82. The van der Waals surface area contributed by atoms with Crippen molar-refractivity contribution in [3.05, 3.63) is 35.9 Å². The first-order valence-corrected chi connectivity index (χ1v) is 13.3. The number of benzene rings is 1. The average Bonchev–Trinajstić information content (AvgIpc) is 3.03. The Hall–Kier alpha value is -2.12. The summed E-state index contributed by atoms with van der Waals surface area (Å²) in [5.74, 6) is 0.757. The van der Waals surface area contributed by atoms with Gasteiger partial charge in [0.25, 0.3) is 0 Å². The van der Waals surface area contributed by atoms with E-state index in [2.05, 4.69) is 34.3 Å². The molecule has 0 aliphatic carbocycles. The lowest BCUT2D eigenvalue weighted by atomic mass is 10.0. The van der Waals surface area contributed by atoms with Crippen LogP contribution in [0.15, 0.2) is 30.3 Å². The fraction of sp³-hybridized carbons (Fsp3) is 0.704. The molecule has 0 aromatic heterocycles. The van der Waals surface area contributed by atoms with Crippen LogP contribution >= 0.6 is 0 Å². The molecule has 0 spiro atoms. The summed E-state index contributed by atoms with van der Waals surface area (Å²) in [4.78, 5) is 30.3. The normalized spacial score (nSPS) is 22.0. The number of carbonyl (C=O) groups excluding carboxylic acids is 2. The Balaban J connectivity index is 1.54. The largest absolute Gasteiger partial charge is 0.445 e. The first-order valence-electron chi connectivity index (χ1n) is 13.3. The van der Waals surface area contributed by atoms with Crippen LogP contribution in [0.4, 0.5) is 4.79 Å². The molecular formula is C27H44N4O3. The van der Waals surface area contributed by atoms with Crippen LogP contribution in [0.1, 0.15) is 64.4 Å². The molecule has 3 rings (SSSR count). The lowest BCUT2D eigenvalue weighted by Crippen LogP contribution is -2.50. The van der Waals surface area contributed by atoms with Gasteiger partial charge >= 0.3 is 6.09 Å². The minimum Gasteiger partial charge on any atom is -0.445 e. The van der Waals surface area contributed by atoms with Gasteiger partial charge in [0.15, 0.2) is 0 Å². The molecule has 2 amide bonds. The number of alkyl carbamates (subject to hydrolysis) is 1. The Morgan fingerprint density at radius 3 is 2.56 bits per heavy atom. The molecule has 2 N–H and O–H groups in total. The number of hydrogen-bond acceptors (Lipinski definition) is 5. The zero-order valence-corrected chi connectivity index (χ0v) is 21.1. The molecule has 2 heterocycles. The molecule has 7 nitrogen and oxygen atoms in total. The topological polar surface area (TPSA) is 73.9 Å². The van der Waals surface area contributed by atoms with Crippen molar-refractivity contribution < 1.29 is 14.3 Å². The second-order valence-corrected chi connectivity index (χ2v) is 9.81. The third kappa shape index (κ3) is 8.58. The quantitative estimate of drug-likeness (QED) is 0.513. The standard InChI is InChI=1S/C27H44N4O3/c1-3-22(4-2)20-31-18-13-24(19-28-27(33)34-21-23-11-7-5-8-12-23)29-25(26(31)32)14-17-30-15-9-6-10-16-30/h5,7-8,11-12,22,24-25,29H,3-4,6,9-10,13-21H2,1-2H3,(H,28,33)/t24?,25-/m0/s1. The van der Waals surface area contributed by atoms with Crippen molar-refractivity contribution in [2.45, 2.75) is 77.5 Å². The van der Waals surface area contributed by atoms with Crippen LogP contribution in [0.3, 0.4) is 0 Å². The van der Waals surface area contributed by atoms with Crippen molar-refractivity contribution in [3.63, 3.8) is 0 Å². The van der Waals surface area contributed by atoms with E-state index in [1.165, 1.54) is 19.3 Å². The van der Waals surface area contributed by atoms with Gasteiger partial charge in [0.1, 0.15) is 6.61 Å². The average molecular weight is 473 g/mol. The minimum absolute atomic E-state index is 0.0475. The maximum Gasteiger partial charge on any atom is 0.407 e. The number of ether oxygens (including phenoxy) is 1. The smallest absolute Gasteiger partial charge is 0.407 e. The van der Waals surface area contributed by atoms with Crippen LogP contribution in [-0.4, -0.2) is 73.2 Å². The maximum atomic E-state index is 13.5. The van der Waals surface area contributed by atoms with Crippen LogP contribution < -0.4 is 10.6 Å². The van der Waals surface area contributed by atoms with Crippen molar-refractivity contribution in [2.24, 2.45) is 5.92 Å². The SMILES string of the molecule is CCC(CC)CN1CCC(CNC(=O)OCc2ccccc2)N[C@@H](CCN2CCCCC2)C1=O. The number of piperidine rings is 1. The Bertz CT molecular complexity index is 735. The Morgan fingerprint density at radius 1 is 1.12 bits per heavy atom. The zero-order valence-electron chi connectivity index (χ0n) is 21.1. The predicted octanol–water partition coefficient (Wildman–Crippen LogP) is 3.78. The van der Waals surface area contributed by atoms with Crippen molar-refractivity contribution >= 4 is 12.0 Å². The van der Waals surface area contributed by atoms with Gasteiger partial charge < -0.3 is 25.2 Å². The molecule has 0 radical (unpaired) electrons. The lowest BCUT2D eigenvalue weighted by molar-refractivity contribution is -0.133. The van der Waals surface area contributed by atoms with Crippen molar-refractivity contribution in [1.29, 1.82) is 0 Å². The van der Waals surface area contributed by atoms with Crippen molar-refractivity contribution in [3.8, 4) is 0 Å².